The molecule has 1 unspecified atom stereocenters. The molecule has 0 bridgehead atoms. The zero-order valence-corrected chi connectivity index (χ0v) is 27.2. The van der Waals surface area contributed by atoms with Crippen LogP contribution in [-0.4, -0.2) is 128 Å². The number of hydrogen-bond donors (Lipinski definition) is 5. The number of piperidine rings is 1. The molecule has 14 nitrogen and oxygen atoms in total. The monoisotopic (exact) mass is 723 g/mol. The molecule has 0 aliphatic carbocycles. The standard InChI is InChI=1S/C31H33F4N7O7S/c1-15(44)40-10-23(41-8-21(36-38-41)16-3-2-4-18(32)5-16)30(47)25(11-40)50-14-24(49-13-27(45)46)29(31(48)26(50)12-43)42-9-22(37-39-42)17-6-19(33)28(35)20(34)7-17/h2-9,23-26,29-31,43,47-48,50H,10-14H2,1H3,(H,45,46)/t23-,24-,25+,26+,29+,30+,31-/m0/s1. The van der Waals surface area contributed by atoms with Gasteiger partial charge in [0.15, 0.2) is 17.5 Å². The van der Waals surface area contributed by atoms with E-state index in [-0.39, 0.29) is 36.0 Å². The van der Waals surface area contributed by atoms with Crippen molar-refractivity contribution >= 4 is 22.8 Å². The number of thiol groups is 1. The topological polar surface area (TPSA) is 189 Å². The molecule has 4 aromatic rings. The van der Waals surface area contributed by atoms with Crippen LogP contribution in [0.1, 0.15) is 19.0 Å². The molecule has 2 fully saturated rings. The van der Waals surface area contributed by atoms with Crippen molar-refractivity contribution < 1.29 is 52.3 Å². The first-order valence-corrected chi connectivity index (χ1v) is 17.1. The van der Waals surface area contributed by atoms with Gasteiger partial charge in [0, 0.05) is 47.4 Å². The third-order valence-corrected chi connectivity index (χ3v) is 12.5. The van der Waals surface area contributed by atoms with Gasteiger partial charge in [-0.3, -0.25) is 4.79 Å². The number of aliphatic hydroxyl groups is 3. The molecular formula is C31H33F4N7O7S. The average Bonchev–Trinajstić information content (AvgIpc) is 3.77. The fourth-order valence-electron chi connectivity index (χ4n) is 6.62. The summed E-state index contributed by atoms with van der Waals surface area (Å²) in [4.78, 5) is 25.8. The second-order valence-corrected chi connectivity index (χ2v) is 14.9. The van der Waals surface area contributed by atoms with Gasteiger partial charge in [-0.1, -0.05) is 22.6 Å². The van der Waals surface area contributed by atoms with Gasteiger partial charge in [-0.2, -0.15) is 0 Å². The van der Waals surface area contributed by atoms with Gasteiger partial charge in [-0.05, 0) is 24.3 Å². The Morgan fingerprint density at radius 1 is 0.940 bits per heavy atom. The number of aromatic nitrogens is 6. The molecule has 2 saturated heterocycles. The maximum absolute atomic E-state index is 14.0. The predicted octanol–water partition coefficient (Wildman–Crippen LogP) is 1.34. The summed E-state index contributed by atoms with van der Waals surface area (Å²) in [5.74, 6) is -6.67. The van der Waals surface area contributed by atoms with Crippen LogP contribution >= 0.6 is 10.9 Å². The van der Waals surface area contributed by atoms with Crippen LogP contribution in [-0.2, 0) is 14.3 Å². The van der Waals surface area contributed by atoms with Crippen molar-refractivity contribution in [2.24, 2.45) is 0 Å². The summed E-state index contributed by atoms with van der Waals surface area (Å²) in [5, 5.41) is 58.2. The molecule has 19 heteroatoms. The van der Waals surface area contributed by atoms with Crippen LogP contribution in [0.2, 0.25) is 0 Å². The third-order valence-electron chi connectivity index (χ3n) is 9.09. The molecule has 0 spiro atoms. The van der Waals surface area contributed by atoms with E-state index in [0.717, 1.165) is 16.8 Å². The lowest BCUT2D eigenvalue weighted by Gasteiger charge is -2.53. The van der Waals surface area contributed by atoms with Gasteiger partial charge in [0.25, 0.3) is 0 Å². The SMILES string of the molecule is CC(=O)N1C[C@@H]([SH]2C[C@H](OCC(=O)O)[C@@H](n3cc(-c4cc(F)c(F)c(F)c4)nn3)[C@@H](O)[C@H]2CO)[C@H](O)[C@@H](n2cc(-c3cccc(F)c3)nn2)C1. The Bertz CT molecular complexity index is 1860. The highest BCUT2D eigenvalue weighted by atomic mass is 32.2. The zero-order valence-electron chi connectivity index (χ0n) is 26.3. The highest BCUT2D eigenvalue weighted by Gasteiger charge is 2.51. The molecule has 0 radical (unpaired) electrons. The number of ether oxygens (including phenoxy) is 1. The predicted molar refractivity (Wildman–Crippen MR) is 169 cm³/mol. The van der Waals surface area contributed by atoms with E-state index in [1.54, 1.807) is 6.07 Å². The van der Waals surface area contributed by atoms with Gasteiger partial charge in [0.1, 0.15) is 29.9 Å². The number of carboxylic acid groups (broad SMARTS) is 1. The van der Waals surface area contributed by atoms with E-state index in [1.165, 1.54) is 47.1 Å². The first-order valence-electron chi connectivity index (χ1n) is 15.4. The van der Waals surface area contributed by atoms with Crippen molar-refractivity contribution in [2.45, 2.75) is 47.8 Å². The summed E-state index contributed by atoms with van der Waals surface area (Å²) in [6.45, 7) is 0.0784. The minimum atomic E-state index is -1.67. The minimum absolute atomic E-state index is 0.0245. The zero-order chi connectivity index (χ0) is 35.9. The number of amides is 1. The summed E-state index contributed by atoms with van der Waals surface area (Å²) >= 11 is 0. The number of likely N-dealkylation sites (tertiary alicyclic amines) is 1. The van der Waals surface area contributed by atoms with Gasteiger partial charge in [-0.25, -0.2) is 42.6 Å². The van der Waals surface area contributed by atoms with Crippen molar-refractivity contribution in [2.75, 3.05) is 32.1 Å². The summed E-state index contributed by atoms with van der Waals surface area (Å²) in [6.07, 6.45) is -1.01. The highest BCUT2D eigenvalue weighted by molar-refractivity contribution is 8.18. The molecule has 6 rings (SSSR count). The fraction of sp³-hybridized carbons (Fsp3) is 0.419. The van der Waals surface area contributed by atoms with E-state index in [1.807, 2.05) is 0 Å². The van der Waals surface area contributed by atoms with Gasteiger partial charge in [0.2, 0.25) is 5.91 Å². The van der Waals surface area contributed by atoms with Gasteiger partial charge in [0.05, 0.1) is 43.4 Å². The van der Waals surface area contributed by atoms with Crippen LogP contribution in [0.15, 0.2) is 48.8 Å². The van der Waals surface area contributed by atoms with E-state index in [2.05, 4.69) is 20.6 Å². The Morgan fingerprint density at radius 2 is 1.60 bits per heavy atom. The first kappa shape index (κ1) is 35.4. The van der Waals surface area contributed by atoms with Crippen molar-refractivity contribution in [3.05, 3.63) is 72.1 Å². The lowest BCUT2D eigenvalue weighted by Crippen LogP contribution is -2.59. The van der Waals surface area contributed by atoms with E-state index >= 15 is 0 Å². The normalized spacial score (nSPS) is 27.7. The maximum atomic E-state index is 14.0. The van der Waals surface area contributed by atoms with Gasteiger partial charge >= 0.3 is 5.97 Å². The summed E-state index contributed by atoms with van der Waals surface area (Å²) in [5.41, 5.74) is 0.519. The smallest absolute Gasteiger partial charge is 0.329 e. The van der Waals surface area contributed by atoms with Crippen LogP contribution < -0.4 is 0 Å². The van der Waals surface area contributed by atoms with Crippen molar-refractivity contribution in [1.29, 1.82) is 0 Å². The van der Waals surface area contributed by atoms with Gasteiger partial charge < -0.3 is 30.1 Å². The molecule has 2 aliphatic heterocycles. The number of benzene rings is 2. The molecular weight excluding hydrogens is 690 g/mol. The molecule has 4 heterocycles. The molecule has 268 valence electrons. The second kappa shape index (κ2) is 14.4. The molecule has 1 amide bonds. The number of hydrogen-bond acceptors (Lipinski definition) is 10. The summed E-state index contributed by atoms with van der Waals surface area (Å²) < 4.78 is 63.7. The minimum Gasteiger partial charge on any atom is -0.480 e. The molecule has 2 aliphatic rings. The Labute approximate surface area is 284 Å². The Kier molecular flexibility index (Phi) is 10.2. The lowest BCUT2D eigenvalue weighted by atomic mass is 10.0. The Balaban J connectivity index is 1.32. The molecule has 8 atom stereocenters. The van der Waals surface area contributed by atoms with E-state index in [0.29, 0.717) is 11.3 Å². The number of carboxylic acids is 1. The fourth-order valence-corrected chi connectivity index (χ4v) is 10.2. The third kappa shape index (κ3) is 6.95. The maximum Gasteiger partial charge on any atom is 0.329 e. The number of carbonyl (C=O) groups excluding carboxylic acids is 1. The van der Waals surface area contributed by atoms with E-state index in [9.17, 15) is 47.6 Å². The van der Waals surface area contributed by atoms with Crippen molar-refractivity contribution in [3.8, 4) is 22.5 Å². The largest absolute Gasteiger partial charge is 0.480 e. The van der Waals surface area contributed by atoms with Crippen LogP contribution in [0.25, 0.3) is 22.5 Å². The molecule has 2 aromatic heterocycles. The molecule has 2 aromatic carbocycles. The highest BCUT2D eigenvalue weighted by Crippen LogP contribution is 2.51. The second-order valence-electron chi connectivity index (χ2n) is 12.2. The Morgan fingerprint density at radius 3 is 2.24 bits per heavy atom. The number of carbonyl (C=O) groups is 2. The van der Waals surface area contributed by atoms with Crippen LogP contribution in [0.4, 0.5) is 17.6 Å². The summed E-state index contributed by atoms with van der Waals surface area (Å²) in [6, 6.07) is 5.14. The van der Waals surface area contributed by atoms with Crippen LogP contribution in [0.5, 0.6) is 0 Å². The van der Waals surface area contributed by atoms with E-state index < -0.39 is 94.2 Å². The molecule has 4 N–H and O–H groups in total. The number of rotatable bonds is 9. The Hall–Kier alpha value is -4.43. The van der Waals surface area contributed by atoms with Crippen LogP contribution in [0, 0.1) is 23.3 Å². The number of nitrogens with zero attached hydrogens (tertiary/aromatic N) is 7. The molecule has 0 saturated carbocycles. The van der Waals surface area contributed by atoms with Crippen molar-refractivity contribution in [1.82, 2.24) is 34.9 Å². The van der Waals surface area contributed by atoms with Crippen molar-refractivity contribution in [3.63, 3.8) is 0 Å². The van der Waals surface area contributed by atoms with E-state index in [4.69, 9.17) is 4.74 Å². The number of aliphatic hydroxyl groups excluding tert-OH is 3. The van der Waals surface area contributed by atoms with Crippen LogP contribution in [0.3, 0.4) is 0 Å². The number of aliphatic carboxylic acids is 1. The average molecular weight is 724 g/mol. The van der Waals surface area contributed by atoms with Gasteiger partial charge in [-0.15, -0.1) is 10.2 Å². The number of halogens is 4. The summed E-state index contributed by atoms with van der Waals surface area (Å²) in [7, 11) is -1.65. The first-order chi connectivity index (χ1) is 23.9. The lowest BCUT2D eigenvalue weighted by molar-refractivity contribution is -0.146. The molecule has 50 heavy (non-hydrogen) atoms. The quantitative estimate of drug-likeness (QED) is 0.0953.